The number of nitrogens with zero attached hydrogens (tertiary/aromatic N) is 1. The minimum atomic E-state index is -0.454. The first-order chi connectivity index (χ1) is 9.10. The summed E-state index contributed by atoms with van der Waals surface area (Å²) in [4.78, 5) is 12.4. The monoisotopic (exact) mass is 284 g/mol. The lowest BCUT2D eigenvalue weighted by Crippen LogP contribution is -2.52. The van der Waals surface area contributed by atoms with Crippen LogP contribution in [0.3, 0.4) is 0 Å². The van der Waals surface area contributed by atoms with E-state index < -0.39 is 5.54 Å². The predicted octanol–water partition coefficient (Wildman–Crippen LogP) is 2.59. The zero-order valence-electron chi connectivity index (χ0n) is 11.3. The molecule has 1 aromatic rings. The van der Waals surface area contributed by atoms with E-state index >= 15 is 0 Å². The second kappa shape index (κ2) is 5.97. The number of carbonyl (C=O) groups excluding carboxylic acids is 1. The van der Waals surface area contributed by atoms with Gasteiger partial charge in [0, 0.05) is 12.7 Å². The molecular formula is C14H21ClN2O2. The Balaban J connectivity index is 2.14. The highest BCUT2D eigenvalue weighted by Crippen LogP contribution is 2.28. The Morgan fingerprint density at radius 3 is 2.74 bits per heavy atom. The maximum absolute atomic E-state index is 12.4. The molecule has 4 nitrogen and oxygen atoms in total. The van der Waals surface area contributed by atoms with E-state index in [0.29, 0.717) is 17.3 Å². The van der Waals surface area contributed by atoms with Gasteiger partial charge in [-0.05, 0) is 25.8 Å². The van der Waals surface area contributed by atoms with Gasteiger partial charge in [0.25, 0.3) is 5.91 Å². The van der Waals surface area contributed by atoms with Gasteiger partial charge in [-0.15, -0.1) is 0 Å². The summed E-state index contributed by atoms with van der Waals surface area (Å²) in [7, 11) is 0. The molecule has 0 bridgehead atoms. The number of nitrogens with one attached hydrogen (secondary N) is 1. The smallest absolute Gasteiger partial charge is 0.268 e. The van der Waals surface area contributed by atoms with E-state index in [4.69, 9.17) is 11.6 Å². The van der Waals surface area contributed by atoms with Crippen molar-refractivity contribution >= 4 is 17.5 Å². The summed E-state index contributed by atoms with van der Waals surface area (Å²) in [6.45, 7) is 2.66. The number of amides is 1. The van der Waals surface area contributed by atoms with E-state index in [1.54, 1.807) is 12.3 Å². The summed E-state index contributed by atoms with van der Waals surface area (Å²) in [5.41, 5.74) is 0.107. The van der Waals surface area contributed by atoms with Crippen molar-refractivity contribution in [2.45, 2.75) is 51.1 Å². The van der Waals surface area contributed by atoms with Gasteiger partial charge in [0.05, 0.1) is 17.2 Å². The van der Waals surface area contributed by atoms with Gasteiger partial charge in [-0.1, -0.05) is 30.9 Å². The van der Waals surface area contributed by atoms with Crippen LogP contribution in [0.25, 0.3) is 0 Å². The van der Waals surface area contributed by atoms with E-state index in [0.717, 1.165) is 25.7 Å². The van der Waals surface area contributed by atoms with Gasteiger partial charge in [0.15, 0.2) is 0 Å². The zero-order chi connectivity index (χ0) is 13.9. The molecule has 1 aliphatic carbocycles. The molecular weight excluding hydrogens is 264 g/mol. The number of hydrogen-bond acceptors (Lipinski definition) is 2. The quantitative estimate of drug-likeness (QED) is 0.893. The Hall–Kier alpha value is -1.00. The Labute approximate surface area is 118 Å². The van der Waals surface area contributed by atoms with E-state index in [2.05, 4.69) is 5.32 Å². The first-order valence-corrected chi connectivity index (χ1v) is 7.27. The van der Waals surface area contributed by atoms with Crippen molar-refractivity contribution in [2.75, 3.05) is 6.61 Å². The van der Waals surface area contributed by atoms with E-state index in [1.165, 1.54) is 6.42 Å². The molecule has 0 aliphatic heterocycles. The lowest BCUT2D eigenvalue weighted by molar-refractivity contribution is 0.0750. The Morgan fingerprint density at radius 1 is 1.47 bits per heavy atom. The molecule has 1 aliphatic rings. The first-order valence-electron chi connectivity index (χ1n) is 6.89. The van der Waals surface area contributed by atoms with Crippen LogP contribution in [0.15, 0.2) is 12.3 Å². The molecule has 106 valence electrons. The van der Waals surface area contributed by atoms with Crippen LogP contribution in [-0.4, -0.2) is 27.7 Å². The van der Waals surface area contributed by atoms with Crippen LogP contribution in [-0.2, 0) is 6.54 Å². The van der Waals surface area contributed by atoms with Crippen molar-refractivity contribution in [3.63, 3.8) is 0 Å². The molecule has 0 saturated heterocycles. The van der Waals surface area contributed by atoms with Crippen LogP contribution in [0.4, 0.5) is 0 Å². The van der Waals surface area contributed by atoms with Crippen molar-refractivity contribution in [1.82, 2.24) is 9.88 Å². The number of aromatic nitrogens is 1. The molecule has 0 spiro atoms. The maximum Gasteiger partial charge on any atom is 0.268 e. The van der Waals surface area contributed by atoms with Crippen LogP contribution in [0.5, 0.6) is 0 Å². The highest BCUT2D eigenvalue weighted by atomic mass is 35.5. The second-order valence-electron chi connectivity index (χ2n) is 5.28. The number of hydrogen-bond donors (Lipinski definition) is 2. The molecule has 1 saturated carbocycles. The third kappa shape index (κ3) is 3.12. The summed E-state index contributed by atoms with van der Waals surface area (Å²) < 4.78 is 1.82. The molecule has 1 heterocycles. The van der Waals surface area contributed by atoms with Crippen LogP contribution in [0, 0.1) is 0 Å². The standard InChI is InChI=1S/C14H21ClN2O2/c1-2-17-9-11(15)8-12(17)13(19)16-14(10-18)6-4-3-5-7-14/h8-9,18H,2-7,10H2,1H3,(H,16,19). The minimum absolute atomic E-state index is 0.000689. The molecule has 0 aromatic carbocycles. The zero-order valence-corrected chi connectivity index (χ0v) is 12.0. The molecule has 1 aromatic heterocycles. The summed E-state index contributed by atoms with van der Waals surface area (Å²) >= 11 is 5.95. The molecule has 0 atom stereocenters. The highest BCUT2D eigenvalue weighted by molar-refractivity contribution is 6.31. The van der Waals surface area contributed by atoms with Gasteiger partial charge in [-0.2, -0.15) is 0 Å². The second-order valence-corrected chi connectivity index (χ2v) is 5.72. The fourth-order valence-electron chi connectivity index (χ4n) is 2.78. The van der Waals surface area contributed by atoms with Crippen LogP contribution >= 0.6 is 11.6 Å². The Kier molecular flexibility index (Phi) is 4.53. The molecule has 2 N–H and O–H groups in total. The first kappa shape index (κ1) is 14.4. The average Bonchev–Trinajstić information content (AvgIpc) is 2.81. The maximum atomic E-state index is 12.4. The Bertz CT molecular complexity index is 450. The number of aliphatic hydroxyl groups is 1. The van der Waals surface area contributed by atoms with Crippen molar-refractivity contribution in [2.24, 2.45) is 0 Å². The summed E-state index contributed by atoms with van der Waals surface area (Å²) in [6.07, 6.45) is 6.72. The molecule has 0 unspecified atom stereocenters. The van der Waals surface area contributed by atoms with Crippen molar-refractivity contribution < 1.29 is 9.90 Å². The van der Waals surface area contributed by atoms with Crippen LogP contribution < -0.4 is 5.32 Å². The number of carbonyl (C=O) groups is 1. The van der Waals surface area contributed by atoms with Gasteiger partial charge in [0.1, 0.15) is 5.69 Å². The molecule has 2 rings (SSSR count). The fraction of sp³-hybridized carbons (Fsp3) is 0.643. The molecule has 5 heteroatoms. The SMILES string of the molecule is CCn1cc(Cl)cc1C(=O)NC1(CO)CCCCC1. The van der Waals surface area contributed by atoms with Crippen LogP contribution in [0.2, 0.25) is 5.02 Å². The highest BCUT2D eigenvalue weighted by Gasteiger charge is 2.33. The van der Waals surface area contributed by atoms with Crippen molar-refractivity contribution in [3.05, 3.63) is 23.0 Å². The number of aliphatic hydroxyl groups excluding tert-OH is 1. The molecule has 1 amide bonds. The molecule has 1 fully saturated rings. The summed E-state index contributed by atoms with van der Waals surface area (Å²) in [5.74, 6) is -0.148. The minimum Gasteiger partial charge on any atom is -0.394 e. The largest absolute Gasteiger partial charge is 0.394 e. The van der Waals surface area contributed by atoms with Gasteiger partial charge in [-0.3, -0.25) is 4.79 Å². The summed E-state index contributed by atoms with van der Waals surface area (Å²) in [6, 6.07) is 1.67. The number of halogens is 1. The van der Waals surface area contributed by atoms with Gasteiger partial charge in [0.2, 0.25) is 0 Å². The van der Waals surface area contributed by atoms with E-state index in [-0.39, 0.29) is 12.5 Å². The Morgan fingerprint density at radius 2 is 2.16 bits per heavy atom. The third-order valence-corrected chi connectivity index (χ3v) is 4.14. The lowest BCUT2D eigenvalue weighted by atomic mass is 9.82. The number of rotatable bonds is 4. The average molecular weight is 285 g/mol. The van der Waals surface area contributed by atoms with Gasteiger partial charge < -0.3 is 15.0 Å². The fourth-order valence-corrected chi connectivity index (χ4v) is 3.00. The molecule has 19 heavy (non-hydrogen) atoms. The number of aryl methyl sites for hydroxylation is 1. The topological polar surface area (TPSA) is 54.3 Å². The van der Waals surface area contributed by atoms with E-state index in [1.807, 2.05) is 11.5 Å². The molecule has 0 radical (unpaired) electrons. The predicted molar refractivity (Wildman–Crippen MR) is 75.5 cm³/mol. The summed E-state index contributed by atoms with van der Waals surface area (Å²) in [5, 5.41) is 13.2. The third-order valence-electron chi connectivity index (χ3n) is 3.93. The van der Waals surface area contributed by atoms with Gasteiger partial charge >= 0.3 is 0 Å². The lowest BCUT2D eigenvalue weighted by Gasteiger charge is -2.36. The van der Waals surface area contributed by atoms with E-state index in [9.17, 15) is 9.90 Å². The van der Waals surface area contributed by atoms with Crippen LogP contribution in [0.1, 0.15) is 49.5 Å². The van der Waals surface area contributed by atoms with Crippen molar-refractivity contribution in [3.8, 4) is 0 Å². The van der Waals surface area contributed by atoms with Gasteiger partial charge in [-0.25, -0.2) is 0 Å². The van der Waals surface area contributed by atoms with Crippen molar-refractivity contribution in [1.29, 1.82) is 0 Å². The normalized spacial score (nSPS) is 18.3.